The predicted octanol–water partition coefficient (Wildman–Crippen LogP) is 9.92. The molecule has 5 nitrogen and oxygen atoms in total. The minimum absolute atomic E-state index is 0.0692. The number of carbonyl (C=O) groups excluding carboxylic acids is 1. The van der Waals surface area contributed by atoms with Crippen LogP contribution in [0.4, 0.5) is 23.7 Å². The molecule has 0 radical (unpaired) electrons. The van der Waals surface area contributed by atoms with E-state index in [1.54, 1.807) is 12.1 Å². The lowest BCUT2D eigenvalue weighted by molar-refractivity contribution is -0.137. The molecule has 0 aliphatic heterocycles. The molecule has 2 amide bonds. The van der Waals surface area contributed by atoms with Gasteiger partial charge >= 0.3 is 12.2 Å². The summed E-state index contributed by atoms with van der Waals surface area (Å²) in [5.41, 5.74) is 5.94. The maximum absolute atomic E-state index is 13.9. The molecule has 1 aliphatic carbocycles. The summed E-state index contributed by atoms with van der Waals surface area (Å²) >= 11 is 6.34. The van der Waals surface area contributed by atoms with E-state index in [-0.39, 0.29) is 17.4 Å². The number of sulfonamides is 1. The third kappa shape index (κ3) is 6.47. The van der Waals surface area contributed by atoms with E-state index in [9.17, 15) is 26.4 Å². The standard InChI is InChI=1S/C35H34ClF3N2O3S/c1-6-21-13-29-25-10-8-7-9-22(25)15-31(29)30(14-21)26-12-11-23(35(37,38)39)16-32(26)45(43,44)41-34(42)40-33-27(19(2)3)17-24(36)18-28(33)20(4)5/h7-14,16-20H,6,15H2,1-5H3,(H2,40,41,42). The van der Waals surface area contributed by atoms with E-state index >= 15 is 0 Å². The average Bonchev–Trinajstić information content (AvgIpc) is 3.34. The molecule has 0 heterocycles. The first kappa shape index (κ1) is 32.6. The van der Waals surface area contributed by atoms with Crippen molar-refractivity contribution in [3.05, 3.63) is 105 Å². The van der Waals surface area contributed by atoms with Crippen LogP contribution in [-0.2, 0) is 29.0 Å². The molecule has 0 unspecified atom stereocenters. The van der Waals surface area contributed by atoms with Gasteiger partial charge in [-0.15, -0.1) is 0 Å². The summed E-state index contributed by atoms with van der Waals surface area (Å²) in [4.78, 5) is 12.7. The SMILES string of the molecule is CCc1cc2c(c(-c3ccc(C(F)(F)F)cc3S(=O)(=O)NC(=O)Nc3c(C(C)C)cc(Cl)cc3C(C)C)c1)Cc1ccccc1-2. The number of nitrogens with one attached hydrogen (secondary N) is 2. The number of urea groups is 1. The number of hydrogen-bond donors (Lipinski definition) is 2. The Hall–Kier alpha value is -3.82. The van der Waals surface area contributed by atoms with Gasteiger partial charge in [-0.25, -0.2) is 17.9 Å². The van der Waals surface area contributed by atoms with Crippen LogP contribution in [0, 0.1) is 0 Å². The highest BCUT2D eigenvalue weighted by molar-refractivity contribution is 7.90. The molecule has 1 aliphatic rings. The summed E-state index contributed by atoms with van der Waals surface area (Å²) in [5, 5.41) is 3.13. The summed E-state index contributed by atoms with van der Waals surface area (Å²) < 4.78 is 71.6. The number of fused-ring (bicyclic) bond motifs is 3. The van der Waals surface area contributed by atoms with Crippen molar-refractivity contribution in [3.8, 4) is 22.3 Å². The van der Waals surface area contributed by atoms with Gasteiger partial charge in [0, 0.05) is 16.3 Å². The Balaban J connectivity index is 1.62. The Labute approximate surface area is 266 Å². The summed E-state index contributed by atoms with van der Waals surface area (Å²) in [6.07, 6.45) is -3.69. The second-order valence-electron chi connectivity index (χ2n) is 11.9. The number of anilines is 1. The van der Waals surface area contributed by atoms with Crippen molar-refractivity contribution >= 4 is 33.3 Å². The lowest BCUT2D eigenvalue weighted by Crippen LogP contribution is -2.35. The predicted molar refractivity (Wildman–Crippen MR) is 173 cm³/mol. The second kappa shape index (κ2) is 12.2. The minimum atomic E-state index is -4.81. The molecule has 0 fully saturated rings. The summed E-state index contributed by atoms with van der Waals surface area (Å²) in [6.45, 7) is 9.59. The van der Waals surface area contributed by atoms with Gasteiger partial charge in [-0.05, 0) is 93.5 Å². The normalized spacial score (nSPS) is 12.8. The van der Waals surface area contributed by atoms with Gasteiger partial charge in [-0.2, -0.15) is 13.2 Å². The number of carbonyl (C=O) groups is 1. The fraction of sp³-hybridized carbons (Fsp3) is 0.286. The van der Waals surface area contributed by atoms with E-state index in [0.29, 0.717) is 46.3 Å². The van der Waals surface area contributed by atoms with Gasteiger partial charge in [0.05, 0.1) is 10.5 Å². The first-order valence-electron chi connectivity index (χ1n) is 14.7. The van der Waals surface area contributed by atoms with Crippen LogP contribution < -0.4 is 10.0 Å². The van der Waals surface area contributed by atoms with Crippen molar-refractivity contribution in [3.63, 3.8) is 0 Å². The quantitative estimate of drug-likeness (QED) is 0.183. The van der Waals surface area contributed by atoms with Crippen LogP contribution >= 0.6 is 11.6 Å². The van der Waals surface area contributed by atoms with Crippen molar-refractivity contribution in [2.24, 2.45) is 0 Å². The highest BCUT2D eigenvalue weighted by atomic mass is 35.5. The molecule has 0 bridgehead atoms. The lowest BCUT2D eigenvalue weighted by atomic mass is 9.92. The van der Waals surface area contributed by atoms with E-state index in [2.05, 4.69) is 5.32 Å². The van der Waals surface area contributed by atoms with E-state index in [4.69, 9.17) is 11.6 Å². The fourth-order valence-electron chi connectivity index (χ4n) is 5.90. The maximum atomic E-state index is 13.9. The number of benzene rings is 4. The topological polar surface area (TPSA) is 75.3 Å². The fourth-order valence-corrected chi connectivity index (χ4v) is 7.29. The molecule has 0 aromatic heterocycles. The Kier molecular flexibility index (Phi) is 8.81. The number of amides is 2. The molecule has 0 atom stereocenters. The van der Waals surface area contributed by atoms with Crippen molar-refractivity contribution < 1.29 is 26.4 Å². The molecule has 0 saturated carbocycles. The summed E-state index contributed by atoms with van der Waals surface area (Å²) in [6, 6.07) is 16.6. The van der Waals surface area contributed by atoms with Crippen LogP contribution in [-0.4, -0.2) is 14.4 Å². The molecular weight excluding hydrogens is 621 g/mol. The largest absolute Gasteiger partial charge is 0.416 e. The van der Waals surface area contributed by atoms with E-state index in [1.807, 2.05) is 75.7 Å². The molecule has 5 rings (SSSR count). The van der Waals surface area contributed by atoms with E-state index < -0.39 is 32.7 Å². The number of aryl methyl sites for hydroxylation is 1. The smallest absolute Gasteiger partial charge is 0.307 e. The highest BCUT2D eigenvalue weighted by Gasteiger charge is 2.35. The van der Waals surface area contributed by atoms with Gasteiger partial charge in [0.2, 0.25) is 0 Å². The van der Waals surface area contributed by atoms with Crippen LogP contribution in [0.3, 0.4) is 0 Å². The number of hydrogen-bond acceptors (Lipinski definition) is 3. The van der Waals surface area contributed by atoms with Crippen LogP contribution in [0.1, 0.15) is 79.8 Å². The molecule has 2 N–H and O–H groups in total. The second-order valence-corrected chi connectivity index (χ2v) is 14.0. The van der Waals surface area contributed by atoms with Crippen molar-refractivity contribution in [1.29, 1.82) is 0 Å². The van der Waals surface area contributed by atoms with Crippen molar-refractivity contribution in [1.82, 2.24) is 4.72 Å². The molecule has 4 aromatic rings. The first-order chi connectivity index (χ1) is 21.1. The van der Waals surface area contributed by atoms with Gasteiger partial charge in [-0.1, -0.05) is 88.7 Å². The molecule has 236 valence electrons. The molecule has 0 spiro atoms. The van der Waals surface area contributed by atoms with E-state index in [0.717, 1.165) is 33.9 Å². The van der Waals surface area contributed by atoms with Gasteiger partial charge in [-0.3, -0.25) is 0 Å². The molecule has 4 aromatic carbocycles. The first-order valence-corrected chi connectivity index (χ1v) is 16.6. The Bertz CT molecular complexity index is 1890. The highest BCUT2D eigenvalue weighted by Crippen LogP contribution is 2.45. The van der Waals surface area contributed by atoms with Crippen LogP contribution in [0.5, 0.6) is 0 Å². The number of halogens is 4. The Morgan fingerprint density at radius 1 is 0.867 bits per heavy atom. The maximum Gasteiger partial charge on any atom is 0.416 e. The monoisotopic (exact) mass is 654 g/mol. The summed E-state index contributed by atoms with van der Waals surface area (Å²) in [5.74, 6) is -0.138. The average molecular weight is 655 g/mol. The molecule has 0 saturated heterocycles. The van der Waals surface area contributed by atoms with Gasteiger partial charge < -0.3 is 5.32 Å². The zero-order valence-corrected chi connectivity index (χ0v) is 27.1. The summed E-state index contributed by atoms with van der Waals surface area (Å²) in [7, 11) is -4.81. The van der Waals surface area contributed by atoms with Crippen LogP contribution in [0.2, 0.25) is 5.02 Å². The van der Waals surface area contributed by atoms with Crippen molar-refractivity contribution in [2.45, 2.75) is 70.4 Å². The van der Waals surface area contributed by atoms with Gasteiger partial charge in [0.1, 0.15) is 0 Å². The zero-order chi connectivity index (χ0) is 32.8. The van der Waals surface area contributed by atoms with E-state index in [1.165, 1.54) is 6.07 Å². The molecule has 45 heavy (non-hydrogen) atoms. The Morgan fingerprint density at radius 3 is 2.04 bits per heavy atom. The third-order valence-electron chi connectivity index (χ3n) is 8.16. The lowest BCUT2D eigenvalue weighted by Gasteiger charge is -2.22. The molecular formula is C35H34ClF3N2O3S. The minimum Gasteiger partial charge on any atom is -0.307 e. The Morgan fingerprint density at radius 2 is 1.47 bits per heavy atom. The van der Waals surface area contributed by atoms with Crippen LogP contribution in [0.15, 0.2) is 71.6 Å². The van der Waals surface area contributed by atoms with Gasteiger partial charge in [0.25, 0.3) is 10.0 Å². The van der Waals surface area contributed by atoms with Gasteiger partial charge in [0.15, 0.2) is 0 Å². The zero-order valence-electron chi connectivity index (χ0n) is 25.6. The molecule has 10 heteroatoms. The van der Waals surface area contributed by atoms with Crippen molar-refractivity contribution in [2.75, 3.05) is 5.32 Å². The number of rotatable bonds is 7. The number of alkyl halides is 3. The van der Waals surface area contributed by atoms with Crippen LogP contribution in [0.25, 0.3) is 22.3 Å². The third-order valence-corrected chi connectivity index (χ3v) is 9.74.